The van der Waals surface area contributed by atoms with Gasteiger partial charge in [-0.3, -0.25) is 9.59 Å². The van der Waals surface area contributed by atoms with Crippen molar-refractivity contribution in [2.45, 2.75) is 13.1 Å². The second kappa shape index (κ2) is 7.35. The Hall–Kier alpha value is -3.57. The van der Waals surface area contributed by atoms with Crippen LogP contribution < -0.4 is 10.6 Å². The van der Waals surface area contributed by atoms with Crippen LogP contribution in [0.25, 0.3) is 22.2 Å². The first-order chi connectivity index (χ1) is 14.6. The fraction of sp³-hybridized carbons (Fsp3) is 0.0833. The van der Waals surface area contributed by atoms with Crippen LogP contribution in [0.2, 0.25) is 5.02 Å². The minimum absolute atomic E-state index is 0.123. The van der Waals surface area contributed by atoms with Gasteiger partial charge in [0.1, 0.15) is 0 Å². The molecule has 0 bridgehead atoms. The first kappa shape index (κ1) is 18.5. The molecule has 4 aromatic rings. The fourth-order valence-corrected chi connectivity index (χ4v) is 4.06. The van der Waals surface area contributed by atoms with Crippen LogP contribution in [0.4, 0.5) is 0 Å². The summed E-state index contributed by atoms with van der Waals surface area (Å²) in [5, 5.41) is 7.26. The van der Waals surface area contributed by atoms with Crippen LogP contribution in [-0.4, -0.2) is 16.8 Å². The smallest absolute Gasteiger partial charge is 0.252 e. The number of H-pyrrole nitrogens is 1. The molecule has 5 rings (SSSR count). The van der Waals surface area contributed by atoms with Gasteiger partial charge in [-0.1, -0.05) is 48.0 Å². The molecule has 1 aliphatic heterocycles. The summed E-state index contributed by atoms with van der Waals surface area (Å²) in [7, 11) is 0. The molecule has 2 heterocycles. The molecule has 0 unspecified atom stereocenters. The summed E-state index contributed by atoms with van der Waals surface area (Å²) >= 11 is 6.26. The van der Waals surface area contributed by atoms with Crippen molar-refractivity contribution >= 4 is 34.3 Å². The van der Waals surface area contributed by atoms with Gasteiger partial charge in [0.2, 0.25) is 0 Å². The van der Waals surface area contributed by atoms with E-state index in [1.165, 1.54) is 0 Å². The zero-order chi connectivity index (χ0) is 20.7. The normalized spacial score (nSPS) is 12.6. The number of nitrogens with one attached hydrogen (secondary N) is 3. The Balaban J connectivity index is 1.45. The molecule has 0 saturated carbocycles. The van der Waals surface area contributed by atoms with E-state index in [1.54, 1.807) is 6.07 Å². The highest BCUT2D eigenvalue weighted by Crippen LogP contribution is 2.34. The maximum Gasteiger partial charge on any atom is 0.252 e. The summed E-state index contributed by atoms with van der Waals surface area (Å²) in [6.45, 7) is 0.912. The van der Waals surface area contributed by atoms with E-state index >= 15 is 0 Å². The maximum absolute atomic E-state index is 12.6. The first-order valence-electron chi connectivity index (χ1n) is 9.65. The van der Waals surface area contributed by atoms with E-state index in [2.05, 4.69) is 15.6 Å². The summed E-state index contributed by atoms with van der Waals surface area (Å²) in [6.07, 6.45) is 0. The lowest BCUT2D eigenvalue weighted by Gasteiger charge is -2.06. The molecule has 3 N–H and O–H groups in total. The Morgan fingerprint density at radius 3 is 2.70 bits per heavy atom. The van der Waals surface area contributed by atoms with Gasteiger partial charge >= 0.3 is 0 Å². The number of rotatable bonds is 4. The third-order valence-electron chi connectivity index (χ3n) is 5.38. The fourth-order valence-electron chi connectivity index (χ4n) is 3.84. The third-order valence-corrected chi connectivity index (χ3v) is 5.73. The number of aromatic nitrogens is 1. The average Bonchev–Trinajstić information content (AvgIpc) is 3.37. The van der Waals surface area contributed by atoms with Gasteiger partial charge < -0.3 is 15.6 Å². The average molecular weight is 416 g/mol. The Morgan fingerprint density at radius 2 is 1.87 bits per heavy atom. The monoisotopic (exact) mass is 415 g/mol. The molecule has 5 nitrogen and oxygen atoms in total. The number of hydrogen-bond donors (Lipinski definition) is 3. The van der Waals surface area contributed by atoms with Crippen molar-refractivity contribution in [3.05, 3.63) is 94.0 Å². The van der Waals surface area contributed by atoms with Gasteiger partial charge in [-0.05, 0) is 35.9 Å². The summed E-state index contributed by atoms with van der Waals surface area (Å²) in [6, 6.07) is 20.9. The number of benzene rings is 3. The topological polar surface area (TPSA) is 74.0 Å². The van der Waals surface area contributed by atoms with Gasteiger partial charge in [0.15, 0.2) is 0 Å². The van der Waals surface area contributed by atoms with E-state index in [9.17, 15) is 9.59 Å². The molecule has 0 spiro atoms. The lowest BCUT2D eigenvalue weighted by atomic mass is 10.0. The molecule has 0 fully saturated rings. The molecule has 3 aromatic carbocycles. The molecule has 30 heavy (non-hydrogen) atoms. The summed E-state index contributed by atoms with van der Waals surface area (Å²) in [5.74, 6) is -0.252. The summed E-state index contributed by atoms with van der Waals surface area (Å²) < 4.78 is 0. The standard InChI is InChI=1S/C24H18ClN3O2/c25-19-8-7-17(22-18(19)13-27-24(22)30)21-11-16-10-15(6-9-20(16)28-21)23(29)26-12-14-4-2-1-3-5-14/h1-11,28H,12-13H2,(H,26,29)(H,27,30). The maximum atomic E-state index is 12.6. The van der Waals surface area contributed by atoms with Crippen molar-refractivity contribution in [1.29, 1.82) is 0 Å². The Kier molecular flexibility index (Phi) is 4.52. The Morgan fingerprint density at radius 1 is 1.03 bits per heavy atom. The first-order valence-corrected chi connectivity index (χ1v) is 10.0. The minimum Gasteiger partial charge on any atom is -0.355 e. The van der Waals surface area contributed by atoms with Crippen LogP contribution in [0.15, 0.2) is 66.7 Å². The highest BCUT2D eigenvalue weighted by molar-refractivity contribution is 6.32. The van der Waals surface area contributed by atoms with Crippen LogP contribution in [-0.2, 0) is 13.1 Å². The van der Waals surface area contributed by atoms with Crippen molar-refractivity contribution in [3.63, 3.8) is 0 Å². The zero-order valence-electron chi connectivity index (χ0n) is 16.0. The van der Waals surface area contributed by atoms with Crippen LogP contribution in [0.5, 0.6) is 0 Å². The highest BCUT2D eigenvalue weighted by atomic mass is 35.5. The second-order valence-corrected chi connectivity index (χ2v) is 7.69. The number of halogens is 1. The summed E-state index contributed by atoms with van der Waals surface area (Å²) in [5.41, 5.74) is 5.57. The van der Waals surface area contributed by atoms with Crippen LogP contribution in [0.1, 0.15) is 31.8 Å². The molecule has 0 saturated heterocycles. The van der Waals surface area contributed by atoms with Crippen LogP contribution >= 0.6 is 11.6 Å². The van der Waals surface area contributed by atoms with E-state index in [1.807, 2.05) is 60.7 Å². The lowest BCUT2D eigenvalue weighted by molar-refractivity contribution is 0.0947. The predicted molar refractivity (Wildman–Crippen MR) is 118 cm³/mol. The van der Waals surface area contributed by atoms with E-state index < -0.39 is 0 Å². The SMILES string of the molecule is O=C(NCc1ccccc1)c1ccc2[nH]c(-c3ccc(Cl)c4c3C(=O)NC4)cc2c1. The number of fused-ring (bicyclic) bond motifs is 2. The highest BCUT2D eigenvalue weighted by Gasteiger charge is 2.26. The van der Waals surface area contributed by atoms with E-state index in [4.69, 9.17) is 11.6 Å². The molecule has 2 amide bonds. The second-order valence-electron chi connectivity index (χ2n) is 7.28. The van der Waals surface area contributed by atoms with Gasteiger partial charge in [-0.15, -0.1) is 0 Å². The van der Waals surface area contributed by atoms with Crippen molar-refractivity contribution < 1.29 is 9.59 Å². The molecule has 0 radical (unpaired) electrons. The van der Waals surface area contributed by atoms with Crippen molar-refractivity contribution in [3.8, 4) is 11.3 Å². The largest absolute Gasteiger partial charge is 0.355 e. The van der Waals surface area contributed by atoms with Crippen LogP contribution in [0.3, 0.4) is 0 Å². The van der Waals surface area contributed by atoms with Gasteiger partial charge in [-0.2, -0.15) is 0 Å². The molecule has 0 atom stereocenters. The molecule has 0 aliphatic carbocycles. The molecule has 1 aliphatic rings. The third kappa shape index (κ3) is 3.23. The predicted octanol–water partition coefficient (Wildman–Crippen LogP) is 4.66. The zero-order valence-corrected chi connectivity index (χ0v) is 16.7. The quantitative estimate of drug-likeness (QED) is 0.453. The Labute approximate surface area is 178 Å². The van der Waals surface area contributed by atoms with Gasteiger partial charge in [-0.25, -0.2) is 0 Å². The molecular weight excluding hydrogens is 398 g/mol. The number of carbonyl (C=O) groups is 2. The van der Waals surface area contributed by atoms with Gasteiger partial charge in [0.05, 0.1) is 5.56 Å². The van der Waals surface area contributed by atoms with E-state index in [0.717, 1.165) is 33.3 Å². The number of hydrogen-bond acceptors (Lipinski definition) is 2. The van der Waals surface area contributed by atoms with Gasteiger partial charge in [0.25, 0.3) is 11.8 Å². The van der Waals surface area contributed by atoms with Crippen molar-refractivity contribution in [2.24, 2.45) is 0 Å². The molecular formula is C24H18ClN3O2. The Bertz CT molecular complexity index is 1290. The van der Waals surface area contributed by atoms with Crippen molar-refractivity contribution in [2.75, 3.05) is 0 Å². The van der Waals surface area contributed by atoms with E-state index in [-0.39, 0.29) is 11.8 Å². The number of carbonyl (C=O) groups excluding carboxylic acids is 2. The minimum atomic E-state index is -0.129. The van der Waals surface area contributed by atoms with Crippen LogP contribution in [0, 0.1) is 0 Å². The molecule has 6 heteroatoms. The van der Waals surface area contributed by atoms with Gasteiger partial charge in [0, 0.05) is 51.4 Å². The number of amides is 2. The van der Waals surface area contributed by atoms with Crippen molar-refractivity contribution in [1.82, 2.24) is 15.6 Å². The molecule has 148 valence electrons. The summed E-state index contributed by atoms with van der Waals surface area (Å²) in [4.78, 5) is 28.3. The number of aromatic amines is 1. The van der Waals surface area contributed by atoms with E-state index in [0.29, 0.717) is 29.2 Å². The lowest BCUT2D eigenvalue weighted by Crippen LogP contribution is -2.22. The molecule has 1 aromatic heterocycles.